The fourth-order valence-electron chi connectivity index (χ4n) is 6.21. The molecule has 2 fully saturated rings. The average molecular weight is 637 g/mol. The molecule has 6 nitrogen and oxygen atoms in total. The Bertz CT molecular complexity index is 1630. The quantitative estimate of drug-likeness (QED) is 0.254. The lowest BCUT2D eigenvalue weighted by molar-refractivity contribution is -0.160. The Hall–Kier alpha value is -3.01. The number of piperidine rings is 1. The largest absolute Gasteiger partial charge is 0.481 e. The van der Waals surface area contributed by atoms with Crippen LogP contribution >= 0.6 is 23.2 Å². The topological polar surface area (TPSA) is 91.8 Å². The van der Waals surface area contributed by atoms with Gasteiger partial charge in [0.25, 0.3) is 0 Å². The third kappa shape index (κ3) is 6.19. The maximum atomic E-state index is 14.7. The SMILES string of the molecule is C[C@@]1(CC(=O)O)C[C@H](c2cccc(Cl)c2)[C@@H](c2ccc(Cl)cc2)N([C@H](CS(=O)(=O)c2ccc(F)cc2F)C2CC2)C1=O. The van der Waals surface area contributed by atoms with Gasteiger partial charge in [0.15, 0.2) is 9.84 Å². The minimum atomic E-state index is -4.34. The van der Waals surface area contributed by atoms with Gasteiger partial charge in [-0.2, -0.15) is 0 Å². The van der Waals surface area contributed by atoms with Gasteiger partial charge in [0.1, 0.15) is 16.5 Å². The van der Waals surface area contributed by atoms with E-state index in [-0.39, 0.29) is 12.3 Å². The predicted octanol–water partition coefficient (Wildman–Crippen LogP) is 7.06. The molecule has 1 aliphatic carbocycles. The summed E-state index contributed by atoms with van der Waals surface area (Å²) in [4.78, 5) is 27.4. The van der Waals surface area contributed by atoms with Gasteiger partial charge in [-0.05, 0) is 72.7 Å². The summed E-state index contributed by atoms with van der Waals surface area (Å²) in [6.45, 7) is 1.59. The molecule has 5 rings (SSSR count). The fraction of sp³-hybridized carbons (Fsp3) is 0.355. The summed E-state index contributed by atoms with van der Waals surface area (Å²) in [6, 6.07) is 14.7. The van der Waals surface area contributed by atoms with E-state index in [2.05, 4.69) is 0 Å². The average Bonchev–Trinajstić information content (AvgIpc) is 3.74. The molecule has 1 saturated carbocycles. The highest BCUT2D eigenvalue weighted by molar-refractivity contribution is 7.91. The van der Waals surface area contributed by atoms with Crippen LogP contribution in [0.25, 0.3) is 0 Å². The number of carbonyl (C=O) groups excluding carboxylic acids is 1. The molecule has 0 unspecified atom stereocenters. The van der Waals surface area contributed by atoms with Crippen LogP contribution in [0.2, 0.25) is 10.0 Å². The lowest BCUT2D eigenvalue weighted by Crippen LogP contribution is -2.58. The second kappa shape index (κ2) is 11.6. The van der Waals surface area contributed by atoms with Crippen LogP contribution in [0.5, 0.6) is 0 Å². The maximum Gasteiger partial charge on any atom is 0.304 e. The highest BCUT2D eigenvalue weighted by atomic mass is 35.5. The molecule has 0 radical (unpaired) electrons. The van der Waals surface area contributed by atoms with Crippen molar-refractivity contribution in [3.63, 3.8) is 0 Å². The molecule has 1 heterocycles. The molecule has 1 amide bonds. The number of aliphatic carboxylic acids is 1. The van der Waals surface area contributed by atoms with Crippen molar-refractivity contribution in [2.75, 3.05) is 5.75 Å². The van der Waals surface area contributed by atoms with Gasteiger partial charge in [-0.3, -0.25) is 9.59 Å². The number of hydrogen-bond donors (Lipinski definition) is 1. The molecule has 3 aromatic carbocycles. The van der Waals surface area contributed by atoms with Crippen molar-refractivity contribution in [2.24, 2.45) is 11.3 Å². The second-order valence-corrected chi connectivity index (χ2v) is 14.3. The number of carboxylic acid groups (broad SMARTS) is 1. The van der Waals surface area contributed by atoms with Gasteiger partial charge in [0.05, 0.1) is 23.6 Å². The van der Waals surface area contributed by atoms with Gasteiger partial charge in [0, 0.05) is 28.1 Å². The number of hydrogen-bond acceptors (Lipinski definition) is 4. The molecule has 4 atom stereocenters. The first-order chi connectivity index (χ1) is 19.8. The lowest BCUT2D eigenvalue weighted by Gasteiger charge is -2.52. The summed E-state index contributed by atoms with van der Waals surface area (Å²) in [5, 5.41) is 10.7. The number of sulfone groups is 1. The Kier molecular flexibility index (Phi) is 8.40. The van der Waals surface area contributed by atoms with E-state index < -0.39 is 73.8 Å². The van der Waals surface area contributed by atoms with Gasteiger partial charge in [0.2, 0.25) is 5.91 Å². The zero-order valence-corrected chi connectivity index (χ0v) is 25.0. The van der Waals surface area contributed by atoms with Crippen molar-refractivity contribution in [2.45, 2.75) is 55.5 Å². The van der Waals surface area contributed by atoms with Crippen LogP contribution in [0.4, 0.5) is 8.78 Å². The van der Waals surface area contributed by atoms with Crippen LogP contribution in [-0.2, 0) is 19.4 Å². The first-order valence-corrected chi connectivity index (χ1v) is 15.9. The standard InChI is InChI=1S/C31H29Cl2F2NO5S/c1-31(16-28(37)38)15-24(20-3-2-4-22(33)13-20)29(19-7-9-21(32)10-8-19)36(30(31)39)26(18-5-6-18)17-42(40,41)27-12-11-23(34)14-25(27)35/h2-4,7-14,18,24,26,29H,5-6,15-17H2,1H3,(H,37,38)/t24-,26-,29-,31+/m1/s1. The molecule has 222 valence electrons. The van der Waals surface area contributed by atoms with Gasteiger partial charge >= 0.3 is 5.97 Å². The summed E-state index contributed by atoms with van der Waals surface area (Å²) in [5.41, 5.74) is 0.0735. The minimum absolute atomic E-state index is 0.166. The van der Waals surface area contributed by atoms with Gasteiger partial charge in [-0.1, -0.05) is 54.4 Å². The second-order valence-electron chi connectivity index (χ2n) is 11.5. The molecule has 3 aromatic rings. The molecule has 1 saturated heterocycles. The number of carboxylic acids is 1. The summed E-state index contributed by atoms with van der Waals surface area (Å²) < 4.78 is 55.6. The summed E-state index contributed by atoms with van der Waals surface area (Å²) in [6.07, 6.45) is 0.976. The number of rotatable bonds is 9. The third-order valence-corrected chi connectivity index (χ3v) is 10.5. The van der Waals surface area contributed by atoms with Crippen molar-refractivity contribution >= 4 is 44.9 Å². The van der Waals surface area contributed by atoms with Crippen LogP contribution in [-0.4, -0.2) is 42.1 Å². The monoisotopic (exact) mass is 635 g/mol. The highest BCUT2D eigenvalue weighted by Gasteiger charge is 2.55. The third-order valence-electron chi connectivity index (χ3n) is 8.27. The molecule has 1 N–H and O–H groups in total. The van der Waals surface area contributed by atoms with Gasteiger partial charge in [-0.15, -0.1) is 0 Å². The Morgan fingerprint density at radius 1 is 1.02 bits per heavy atom. The highest BCUT2D eigenvalue weighted by Crippen LogP contribution is 2.54. The Labute approximate surface area is 253 Å². The van der Waals surface area contributed by atoms with E-state index in [4.69, 9.17) is 23.2 Å². The van der Waals surface area contributed by atoms with Crippen LogP contribution in [0, 0.1) is 23.0 Å². The van der Waals surface area contributed by atoms with E-state index in [0.717, 1.165) is 17.7 Å². The molecule has 0 spiro atoms. The maximum absolute atomic E-state index is 14.7. The normalized spacial score (nSPS) is 23.5. The minimum Gasteiger partial charge on any atom is -0.481 e. The Balaban J connectivity index is 1.69. The molecule has 1 aliphatic heterocycles. The molecule has 0 aromatic heterocycles. The number of likely N-dealkylation sites (tertiary alicyclic amines) is 1. The van der Waals surface area contributed by atoms with Gasteiger partial charge < -0.3 is 10.0 Å². The van der Waals surface area contributed by atoms with E-state index >= 15 is 0 Å². The fourth-order valence-corrected chi connectivity index (χ4v) is 8.23. The van der Waals surface area contributed by atoms with E-state index in [9.17, 15) is 31.9 Å². The molecular weight excluding hydrogens is 607 g/mol. The smallest absolute Gasteiger partial charge is 0.304 e. The van der Waals surface area contributed by atoms with Crippen molar-refractivity contribution < 1.29 is 31.9 Å². The van der Waals surface area contributed by atoms with E-state index in [1.54, 1.807) is 49.4 Å². The summed E-state index contributed by atoms with van der Waals surface area (Å²) in [7, 11) is -4.34. The van der Waals surface area contributed by atoms with Crippen molar-refractivity contribution in [1.82, 2.24) is 4.90 Å². The first kappa shape index (κ1) is 30.4. The molecule has 42 heavy (non-hydrogen) atoms. The number of nitrogens with zero attached hydrogens (tertiary/aromatic N) is 1. The van der Waals surface area contributed by atoms with E-state index in [0.29, 0.717) is 34.5 Å². The molecule has 2 aliphatic rings. The van der Waals surface area contributed by atoms with Crippen molar-refractivity contribution in [1.29, 1.82) is 0 Å². The number of carbonyl (C=O) groups is 2. The summed E-state index contributed by atoms with van der Waals surface area (Å²) in [5.74, 6) is -5.06. The first-order valence-electron chi connectivity index (χ1n) is 13.5. The zero-order chi connectivity index (χ0) is 30.4. The number of amides is 1. The molecule has 0 bridgehead atoms. The number of benzene rings is 3. The zero-order valence-electron chi connectivity index (χ0n) is 22.6. The van der Waals surface area contributed by atoms with Crippen LogP contribution in [0.3, 0.4) is 0 Å². The van der Waals surface area contributed by atoms with Crippen LogP contribution < -0.4 is 0 Å². The lowest BCUT2D eigenvalue weighted by atomic mass is 9.67. The van der Waals surface area contributed by atoms with Crippen LogP contribution in [0.1, 0.15) is 55.7 Å². The summed E-state index contributed by atoms with van der Waals surface area (Å²) >= 11 is 12.6. The predicted molar refractivity (Wildman–Crippen MR) is 155 cm³/mol. The van der Waals surface area contributed by atoms with Crippen LogP contribution in [0.15, 0.2) is 71.6 Å². The number of halogens is 4. The Morgan fingerprint density at radius 3 is 2.31 bits per heavy atom. The van der Waals surface area contributed by atoms with E-state index in [1.807, 2.05) is 6.07 Å². The van der Waals surface area contributed by atoms with Gasteiger partial charge in [-0.25, -0.2) is 17.2 Å². The van der Waals surface area contributed by atoms with Crippen molar-refractivity contribution in [3.8, 4) is 0 Å². The van der Waals surface area contributed by atoms with E-state index in [1.165, 1.54) is 4.90 Å². The van der Waals surface area contributed by atoms with Crippen molar-refractivity contribution in [3.05, 3.63) is 99.5 Å². The molecular formula is C31H29Cl2F2NO5S. The Morgan fingerprint density at radius 2 is 1.71 bits per heavy atom. The molecule has 11 heteroatoms.